The fourth-order valence-corrected chi connectivity index (χ4v) is 3.17. The third-order valence-electron chi connectivity index (χ3n) is 4.11. The number of amides is 1. The number of anilines is 1. The van der Waals surface area contributed by atoms with Crippen LogP contribution in [0.25, 0.3) is 0 Å². The molecule has 1 amide bonds. The van der Waals surface area contributed by atoms with Crippen molar-refractivity contribution in [1.82, 2.24) is 9.78 Å². The van der Waals surface area contributed by atoms with E-state index in [9.17, 15) is 4.79 Å². The lowest BCUT2D eigenvalue weighted by Crippen LogP contribution is -2.19. The van der Waals surface area contributed by atoms with Gasteiger partial charge in [-0.05, 0) is 48.9 Å². The maximum atomic E-state index is 12.2. The van der Waals surface area contributed by atoms with E-state index in [4.69, 9.17) is 16.3 Å². The largest absolute Gasteiger partial charge is 0.495 e. The van der Waals surface area contributed by atoms with E-state index in [1.54, 1.807) is 30.0 Å². The van der Waals surface area contributed by atoms with Crippen LogP contribution < -0.4 is 10.1 Å². The number of nitrogens with one attached hydrogen (secondary N) is 1. The Morgan fingerprint density at radius 1 is 1.52 bits per heavy atom. The summed E-state index contributed by atoms with van der Waals surface area (Å²) in [4.78, 5) is 12.2. The number of hydrogen-bond donors (Lipinski definition) is 1. The van der Waals surface area contributed by atoms with Crippen molar-refractivity contribution in [3.05, 3.63) is 40.7 Å². The first-order valence-electron chi connectivity index (χ1n) is 7.73. The van der Waals surface area contributed by atoms with Crippen LogP contribution in [0.4, 0.5) is 5.69 Å². The Labute approximate surface area is 140 Å². The molecule has 1 N–H and O–H groups in total. The topological polar surface area (TPSA) is 56.1 Å². The molecule has 1 aliphatic carbocycles. The number of carbonyl (C=O) groups is 1. The molecule has 1 atom stereocenters. The molecular formula is C17H20ClN3O2. The molecule has 0 saturated carbocycles. The molecule has 0 saturated heterocycles. The molecule has 122 valence electrons. The van der Waals surface area contributed by atoms with Gasteiger partial charge in [-0.25, -0.2) is 0 Å². The number of benzene rings is 1. The van der Waals surface area contributed by atoms with Crippen LogP contribution in [0.15, 0.2) is 24.4 Å². The van der Waals surface area contributed by atoms with Crippen LogP contribution in [0.2, 0.25) is 5.02 Å². The number of ether oxygens (including phenoxy) is 1. The number of carbonyl (C=O) groups excluding carboxylic acids is 1. The predicted molar refractivity (Wildman–Crippen MR) is 90.0 cm³/mol. The molecular weight excluding hydrogens is 314 g/mol. The standard InChI is InChI=1S/C17H20ClN3O2/c1-11-3-5-15-12(7-11)9-21(20-15)10-17(22)19-13-4-6-16(23-2)14(18)8-13/h4,6,8-9,11H,3,5,7,10H2,1-2H3,(H,19,22)/t11-/m0/s1. The van der Waals surface area contributed by atoms with Crippen molar-refractivity contribution in [3.63, 3.8) is 0 Å². The van der Waals surface area contributed by atoms with Crippen LogP contribution in [-0.2, 0) is 24.2 Å². The highest BCUT2D eigenvalue weighted by Gasteiger charge is 2.19. The van der Waals surface area contributed by atoms with E-state index < -0.39 is 0 Å². The summed E-state index contributed by atoms with van der Waals surface area (Å²) in [5, 5.41) is 7.82. The molecule has 0 radical (unpaired) electrons. The molecule has 5 nitrogen and oxygen atoms in total. The van der Waals surface area contributed by atoms with Crippen molar-refractivity contribution in [3.8, 4) is 5.75 Å². The third-order valence-corrected chi connectivity index (χ3v) is 4.40. The summed E-state index contributed by atoms with van der Waals surface area (Å²) < 4.78 is 6.82. The van der Waals surface area contributed by atoms with Gasteiger partial charge in [0.1, 0.15) is 12.3 Å². The second-order valence-electron chi connectivity index (χ2n) is 6.04. The molecule has 0 spiro atoms. The zero-order chi connectivity index (χ0) is 16.4. The first-order valence-corrected chi connectivity index (χ1v) is 8.11. The highest BCUT2D eigenvalue weighted by molar-refractivity contribution is 6.32. The first kappa shape index (κ1) is 15.9. The Balaban J connectivity index is 1.64. The molecule has 1 aromatic heterocycles. The first-order chi connectivity index (χ1) is 11.0. The van der Waals surface area contributed by atoms with Crippen molar-refractivity contribution in [2.45, 2.75) is 32.7 Å². The van der Waals surface area contributed by atoms with E-state index >= 15 is 0 Å². The lowest BCUT2D eigenvalue weighted by Gasteiger charge is -2.15. The third kappa shape index (κ3) is 3.67. The number of aryl methyl sites for hydroxylation is 1. The van der Waals surface area contributed by atoms with Crippen LogP contribution in [0, 0.1) is 5.92 Å². The van der Waals surface area contributed by atoms with Crippen LogP contribution in [0.1, 0.15) is 24.6 Å². The van der Waals surface area contributed by atoms with Gasteiger partial charge in [0.25, 0.3) is 0 Å². The van der Waals surface area contributed by atoms with Crippen molar-refractivity contribution in [1.29, 1.82) is 0 Å². The fraction of sp³-hybridized carbons (Fsp3) is 0.412. The number of halogens is 1. The van der Waals surface area contributed by atoms with Crippen molar-refractivity contribution < 1.29 is 9.53 Å². The number of aromatic nitrogens is 2. The van der Waals surface area contributed by atoms with Gasteiger partial charge < -0.3 is 10.1 Å². The van der Waals surface area contributed by atoms with E-state index in [-0.39, 0.29) is 12.5 Å². The van der Waals surface area contributed by atoms with Gasteiger partial charge >= 0.3 is 0 Å². The Hall–Kier alpha value is -2.01. The summed E-state index contributed by atoms with van der Waals surface area (Å²) in [7, 11) is 1.56. The molecule has 2 aromatic rings. The van der Waals surface area contributed by atoms with E-state index in [2.05, 4.69) is 17.3 Å². The van der Waals surface area contributed by atoms with E-state index in [1.807, 2.05) is 6.20 Å². The summed E-state index contributed by atoms with van der Waals surface area (Å²) in [5.74, 6) is 1.15. The maximum Gasteiger partial charge on any atom is 0.246 e. The lowest BCUT2D eigenvalue weighted by molar-refractivity contribution is -0.116. The summed E-state index contributed by atoms with van der Waals surface area (Å²) in [6, 6.07) is 5.17. The van der Waals surface area contributed by atoms with Crippen molar-refractivity contribution >= 4 is 23.2 Å². The predicted octanol–water partition coefficient (Wildman–Crippen LogP) is 3.31. The fourth-order valence-electron chi connectivity index (χ4n) is 2.92. The molecule has 23 heavy (non-hydrogen) atoms. The van der Waals surface area contributed by atoms with Crippen molar-refractivity contribution in [2.75, 3.05) is 12.4 Å². The highest BCUT2D eigenvalue weighted by atomic mass is 35.5. The van der Waals surface area contributed by atoms with Crippen LogP contribution >= 0.6 is 11.6 Å². The molecule has 0 bridgehead atoms. The van der Waals surface area contributed by atoms with Crippen LogP contribution in [-0.4, -0.2) is 22.8 Å². The minimum absolute atomic E-state index is 0.126. The summed E-state index contributed by atoms with van der Waals surface area (Å²) >= 11 is 6.06. The Morgan fingerprint density at radius 3 is 3.09 bits per heavy atom. The number of fused-ring (bicyclic) bond motifs is 1. The molecule has 1 aliphatic rings. The van der Waals surface area contributed by atoms with Crippen LogP contribution in [0.3, 0.4) is 0 Å². The van der Waals surface area contributed by atoms with E-state index in [1.165, 1.54) is 12.0 Å². The molecule has 3 rings (SSSR count). The Kier molecular flexibility index (Phi) is 4.57. The van der Waals surface area contributed by atoms with Crippen molar-refractivity contribution in [2.24, 2.45) is 5.92 Å². The zero-order valence-corrected chi connectivity index (χ0v) is 14.1. The number of methoxy groups -OCH3 is 1. The van der Waals surface area contributed by atoms with Gasteiger partial charge in [0.15, 0.2) is 0 Å². The van der Waals surface area contributed by atoms with Crippen LogP contribution in [0.5, 0.6) is 5.75 Å². The monoisotopic (exact) mass is 333 g/mol. The van der Waals surface area contributed by atoms with Gasteiger partial charge in [-0.15, -0.1) is 0 Å². The van der Waals surface area contributed by atoms with Gasteiger partial charge in [0.05, 0.1) is 17.8 Å². The summed E-state index contributed by atoms with van der Waals surface area (Å²) in [6.45, 7) is 2.45. The number of nitrogens with zero attached hydrogens (tertiary/aromatic N) is 2. The summed E-state index contributed by atoms with van der Waals surface area (Å²) in [6.07, 6.45) is 5.20. The molecule has 0 fully saturated rings. The molecule has 0 unspecified atom stereocenters. The minimum Gasteiger partial charge on any atom is -0.495 e. The van der Waals surface area contributed by atoms with Gasteiger partial charge in [-0.3, -0.25) is 9.48 Å². The van der Waals surface area contributed by atoms with Gasteiger partial charge in [-0.1, -0.05) is 18.5 Å². The van der Waals surface area contributed by atoms with Gasteiger partial charge in [0, 0.05) is 11.9 Å². The second kappa shape index (κ2) is 6.62. The van der Waals surface area contributed by atoms with E-state index in [0.717, 1.165) is 18.5 Å². The smallest absolute Gasteiger partial charge is 0.246 e. The number of rotatable bonds is 4. The Morgan fingerprint density at radius 2 is 2.35 bits per heavy atom. The minimum atomic E-state index is -0.126. The number of hydrogen-bond acceptors (Lipinski definition) is 3. The maximum absolute atomic E-state index is 12.2. The quantitative estimate of drug-likeness (QED) is 0.934. The molecule has 1 heterocycles. The normalized spacial score (nSPS) is 16.7. The average molecular weight is 334 g/mol. The zero-order valence-electron chi connectivity index (χ0n) is 13.3. The molecule has 6 heteroatoms. The summed E-state index contributed by atoms with van der Waals surface area (Å²) in [5.41, 5.74) is 3.04. The van der Waals surface area contributed by atoms with Gasteiger partial charge in [0.2, 0.25) is 5.91 Å². The van der Waals surface area contributed by atoms with E-state index in [0.29, 0.717) is 22.4 Å². The highest BCUT2D eigenvalue weighted by Crippen LogP contribution is 2.27. The SMILES string of the molecule is COc1ccc(NC(=O)Cn2cc3c(n2)CC[C@H](C)C3)cc1Cl. The lowest BCUT2D eigenvalue weighted by atomic mass is 9.89. The average Bonchev–Trinajstić information content (AvgIpc) is 2.88. The molecule has 0 aliphatic heterocycles. The van der Waals surface area contributed by atoms with Gasteiger partial charge in [-0.2, -0.15) is 5.10 Å². The Bertz CT molecular complexity index is 727. The second-order valence-corrected chi connectivity index (χ2v) is 6.45. The molecule has 1 aromatic carbocycles.